The summed E-state index contributed by atoms with van der Waals surface area (Å²) in [7, 11) is 1.65. The van der Waals surface area contributed by atoms with Crippen LogP contribution in [0.4, 0.5) is 20.4 Å². The Hall–Kier alpha value is -4.05. The van der Waals surface area contributed by atoms with E-state index in [1.54, 1.807) is 11.6 Å². The number of fused-ring (bicyclic) bond motifs is 1. The van der Waals surface area contributed by atoms with Crippen molar-refractivity contribution in [2.45, 2.75) is 32.4 Å². The molecule has 5 aromatic rings. The van der Waals surface area contributed by atoms with Crippen LogP contribution in [0.3, 0.4) is 0 Å². The van der Waals surface area contributed by atoms with Gasteiger partial charge in [0.15, 0.2) is 11.5 Å². The molecule has 0 spiro atoms. The molecule has 1 unspecified atom stereocenters. The summed E-state index contributed by atoms with van der Waals surface area (Å²) in [6.07, 6.45) is 3.44. The van der Waals surface area contributed by atoms with E-state index in [0.717, 1.165) is 46.5 Å². The van der Waals surface area contributed by atoms with Crippen molar-refractivity contribution >= 4 is 28.6 Å². The zero-order chi connectivity index (χ0) is 26.2. The second-order valence-electron chi connectivity index (χ2n) is 9.29. The fourth-order valence-electron chi connectivity index (χ4n) is 4.93. The largest absolute Gasteiger partial charge is 0.497 e. The highest BCUT2D eigenvalue weighted by Crippen LogP contribution is 2.39. The average molecular weight is 533 g/mol. The number of nitrogens with zero attached hydrogens (tertiary/aromatic N) is 5. The first-order valence-electron chi connectivity index (χ1n) is 12.4. The maximum absolute atomic E-state index is 14.7. The summed E-state index contributed by atoms with van der Waals surface area (Å²) in [4.78, 5) is 11.8. The minimum atomic E-state index is -0.443. The fourth-order valence-corrected chi connectivity index (χ4v) is 5.77. The minimum absolute atomic E-state index is 0.290. The average Bonchev–Trinajstić information content (AvgIpc) is 3.66. The van der Waals surface area contributed by atoms with Crippen LogP contribution in [0.5, 0.6) is 5.75 Å². The minimum Gasteiger partial charge on any atom is -0.497 e. The number of thiazole rings is 1. The van der Waals surface area contributed by atoms with E-state index in [2.05, 4.69) is 5.32 Å². The number of rotatable bonds is 7. The third kappa shape index (κ3) is 4.56. The molecule has 0 amide bonds. The van der Waals surface area contributed by atoms with Crippen molar-refractivity contribution in [2.75, 3.05) is 23.9 Å². The Labute approximate surface area is 222 Å². The highest BCUT2D eigenvalue weighted by atomic mass is 32.1. The number of methoxy groups -OCH3 is 1. The number of hydrogen-bond donors (Lipinski definition) is 1. The molecule has 38 heavy (non-hydrogen) atoms. The van der Waals surface area contributed by atoms with E-state index in [-0.39, 0.29) is 6.04 Å². The van der Waals surface area contributed by atoms with Crippen LogP contribution in [0.25, 0.3) is 16.2 Å². The number of nitrogens with one attached hydrogen (secondary N) is 1. The molecule has 3 aromatic heterocycles. The van der Waals surface area contributed by atoms with Gasteiger partial charge in [-0.05, 0) is 61.7 Å². The molecule has 2 aromatic carbocycles. The van der Waals surface area contributed by atoms with Crippen LogP contribution in [-0.2, 0) is 6.54 Å². The molecule has 4 heterocycles. The highest BCUT2D eigenvalue weighted by Gasteiger charge is 2.30. The Kier molecular flexibility index (Phi) is 6.40. The summed E-state index contributed by atoms with van der Waals surface area (Å²) in [5.74, 6) is 1.32. The number of aromatic nitrogens is 4. The van der Waals surface area contributed by atoms with Crippen LogP contribution in [-0.4, -0.2) is 33.2 Å². The Bertz CT molecular complexity index is 1600. The monoisotopic (exact) mass is 532 g/mol. The molecule has 0 radical (unpaired) electrons. The van der Waals surface area contributed by atoms with Crippen molar-refractivity contribution in [1.29, 1.82) is 0 Å². The molecule has 1 N–H and O–H groups in total. The van der Waals surface area contributed by atoms with E-state index in [0.29, 0.717) is 35.9 Å². The third-order valence-corrected chi connectivity index (χ3v) is 7.76. The van der Waals surface area contributed by atoms with Crippen molar-refractivity contribution in [2.24, 2.45) is 0 Å². The lowest BCUT2D eigenvalue weighted by molar-refractivity contribution is 0.414. The summed E-state index contributed by atoms with van der Waals surface area (Å²) in [6, 6.07) is 13.1. The summed E-state index contributed by atoms with van der Waals surface area (Å²) in [5.41, 5.74) is 3.82. The van der Waals surface area contributed by atoms with E-state index in [9.17, 15) is 8.78 Å². The van der Waals surface area contributed by atoms with Crippen LogP contribution < -0.4 is 15.0 Å². The van der Waals surface area contributed by atoms with Gasteiger partial charge in [0.2, 0.25) is 0 Å². The number of hydrogen-bond acceptors (Lipinski definition) is 7. The molecular weight excluding hydrogens is 506 g/mol. The molecule has 1 saturated heterocycles. The fraction of sp³-hybridized carbons (Fsp3) is 0.250. The zero-order valence-corrected chi connectivity index (χ0v) is 21.8. The standard InChI is InChI=1S/C28H26F2N6OS/c1-17-16-38-28(32-17)25-26(31-15-18-5-8-20(37-2)9-6-18)34-36-13-11-24(33-27(25)36)35-12-3-4-23(35)21-14-19(29)7-10-22(21)30/h5-11,13-14,16,23H,3-4,12,15H2,1-2H3,(H,31,34). The van der Waals surface area contributed by atoms with Gasteiger partial charge in [0.05, 0.1) is 18.7 Å². The first-order valence-corrected chi connectivity index (χ1v) is 13.3. The Balaban J connectivity index is 1.38. The maximum Gasteiger partial charge on any atom is 0.169 e. The van der Waals surface area contributed by atoms with Crippen molar-refractivity contribution < 1.29 is 13.5 Å². The van der Waals surface area contributed by atoms with Gasteiger partial charge in [-0.2, -0.15) is 0 Å². The Morgan fingerprint density at radius 1 is 1.11 bits per heavy atom. The molecule has 6 rings (SSSR count). The number of anilines is 2. The normalized spacial score (nSPS) is 15.4. The van der Waals surface area contributed by atoms with Crippen LogP contribution in [0.1, 0.15) is 35.7 Å². The number of aryl methyl sites for hydroxylation is 1. The molecule has 10 heteroatoms. The van der Waals surface area contributed by atoms with E-state index < -0.39 is 11.6 Å². The quantitative estimate of drug-likeness (QED) is 0.262. The molecule has 0 aliphatic carbocycles. The van der Waals surface area contributed by atoms with E-state index in [1.807, 2.05) is 53.7 Å². The second kappa shape index (κ2) is 10.0. The third-order valence-electron chi connectivity index (χ3n) is 6.79. The summed E-state index contributed by atoms with van der Waals surface area (Å²) in [6.45, 7) is 3.22. The Morgan fingerprint density at radius 2 is 1.95 bits per heavy atom. The first kappa shape index (κ1) is 24.3. The lowest BCUT2D eigenvalue weighted by Gasteiger charge is -2.26. The Morgan fingerprint density at radius 3 is 2.71 bits per heavy atom. The lowest BCUT2D eigenvalue weighted by atomic mass is 10.0. The molecule has 0 saturated carbocycles. The molecule has 0 bridgehead atoms. The van der Waals surface area contributed by atoms with Crippen molar-refractivity contribution in [1.82, 2.24) is 19.6 Å². The molecule has 1 fully saturated rings. The smallest absolute Gasteiger partial charge is 0.169 e. The number of ether oxygens (including phenoxy) is 1. The van der Waals surface area contributed by atoms with Gasteiger partial charge in [0, 0.05) is 35.9 Å². The van der Waals surface area contributed by atoms with E-state index >= 15 is 0 Å². The molecule has 1 aliphatic heterocycles. The van der Waals surface area contributed by atoms with Gasteiger partial charge >= 0.3 is 0 Å². The summed E-state index contributed by atoms with van der Waals surface area (Å²) < 4.78 is 35.7. The van der Waals surface area contributed by atoms with Gasteiger partial charge in [-0.3, -0.25) is 0 Å². The van der Waals surface area contributed by atoms with Gasteiger partial charge in [0.1, 0.15) is 28.2 Å². The SMILES string of the molecule is COc1ccc(CNc2nn3ccc(N4CCCC4c4cc(F)ccc4F)nc3c2-c2nc(C)cs2)cc1. The molecular formula is C28H26F2N6OS. The van der Waals surface area contributed by atoms with Crippen LogP contribution >= 0.6 is 11.3 Å². The first-order chi connectivity index (χ1) is 18.5. The molecule has 1 atom stereocenters. The lowest BCUT2D eigenvalue weighted by Crippen LogP contribution is -2.24. The summed E-state index contributed by atoms with van der Waals surface area (Å²) in [5, 5.41) is 11.0. The van der Waals surface area contributed by atoms with Crippen molar-refractivity contribution in [3.05, 3.63) is 88.6 Å². The number of benzene rings is 2. The second-order valence-corrected chi connectivity index (χ2v) is 10.1. The molecule has 7 nitrogen and oxygen atoms in total. The zero-order valence-electron chi connectivity index (χ0n) is 21.0. The predicted molar refractivity (Wildman–Crippen MR) is 145 cm³/mol. The van der Waals surface area contributed by atoms with Crippen LogP contribution in [0.2, 0.25) is 0 Å². The van der Waals surface area contributed by atoms with Crippen LogP contribution in [0.15, 0.2) is 60.1 Å². The van der Waals surface area contributed by atoms with Gasteiger partial charge in [-0.15, -0.1) is 16.4 Å². The van der Waals surface area contributed by atoms with Gasteiger partial charge in [-0.25, -0.2) is 23.3 Å². The van der Waals surface area contributed by atoms with E-state index in [1.165, 1.54) is 23.5 Å². The van der Waals surface area contributed by atoms with Gasteiger partial charge in [0.25, 0.3) is 0 Å². The van der Waals surface area contributed by atoms with E-state index in [4.69, 9.17) is 19.8 Å². The summed E-state index contributed by atoms with van der Waals surface area (Å²) >= 11 is 1.54. The topological polar surface area (TPSA) is 67.6 Å². The van der Waals surface area contributed by atoms with Crippen LogP contribution in [0, 0.1) is 18.6 Å². The predicted octanol–water partition coefficient (Wildman–Crippen LogP) is 6.40. The number of halogens is 2. The molecule has 194 valence electrons. The molecule has 1 aliphatic rings. The van der Waals surface area contributed by atoms with Crippen molar-refractivity contribution in [3.8, 4) is 16.3 Å². The highest BCUT2D eigenvalue weighted by molar-refractivity contribution is 7.13. The van der Waals surface area contributed by atoms with Crippen molar-refractivity contribution in [3.63, 3.8) is 0 Å². The van der Waals surface area contributed by atoms with Gasteiger partial charge in [-0.1, -0.05) is 12.1 Å². The maximum atomic E-state index is 14.7. The van der Waals surface area contributed by atoms with Gasteiger partial charge < -0.3 is 15.0 Å².